The smallest absolute Gasteiger partial charge is 0.260 e. The molecule has 0 atom stereocenters. The number of nitrogens with zero attached hydrogens (tertiary/aromatic N) is 3. The SMILES string of the molecule is O=C(c1cccc(Cl)c1)N(Cc1cccnc1)c1nc2cc3c(cc2s1)OCO3. The van der Waals surface area contributed by atoms with E-state index in [1.807, 2.05) is 24.3 Å². The van der Waals surface area contributed by atoms with Crippen LogP contribution in [0.2, 0.25) is 5.02 Å². The molecule has 1 aliphatic heterocycles. The van der Waals surface area contributed by atoms with Crippen LogP contribution in [0.3, 0.4) is 0 Å². The standard InChI is InChI=1S/C21H14ClN3O3S/c22-15-5-1-4-14(7-15)20(26)25(11-13-3-2-6-23-10-13)21-24-16-8-17-18(28-12-27-17)9-19(16)29-21/h1-10H,11-12H2. The molecule has 29 heavy (non-hydrogen) atoms. The quantitative estimate of drug-likeness (QED) is 0.466. The van der Waals surface area contributed by atoms with E-state index in [1.165, 1.54) is 11.3 Å². The van der Waals surface area contributed by atoms with Gasteiger partial charge in [0.15, 0.2) is 16.6 Å². The highest BCUT2D eigenvalue weighted by Crippen LogP contribution is 2.40. The molecule has 4 aromatic rings. The van der Waals surface area contributed by atoms with Gasteiger partial charge in [-0.3, -0.25) is 14.7 Å². The van der Waals surface area contributed by atoms with Gasteiger partial charge in [0, 0.05) is 35.1 Å². The number of fused-ring (bicyclic) bond motifs is 2. The number of amides is 1. The van der Waals surface area contributed by atoms with Crippen molar-refractivity contribution in [2.75, 3.05) is 11.7 Å². The summed E-state index contributed by atoms with van der Waals surface area (Å²) in [5, 5.41) is 1.09. The predicted molar refractivity (Wildman–Crippen MR) is 112 cm³/mol. The summed E-state index contributed by atoms with van der Waals surface area (Å²) in [5.74, 6) is 1.16. The van der Waals surface area contributed by atoms with Crippen LogP contribution in [0.25, 0.3) is 10.2 Å². The van der Waals surface area contributed by atoms with Crippen molar-refractivity contribution in [2.24, 2.45) is 0 Å². The van der Waals surface area contributed by atoms with E-state index in [2.05, 4.69) is 4.98 Å². The van der Waals surface area contributed by atoms with Crippen LogP contribution in [0.5, 0.6) is 11.5 Å². The number of aromatic nitrogens is 2. The summed E-state index contributed by atoms with van der Waals surface area (Å²) in [5.41, 5.74) is 2.15. The molecule has 1 amide bonds. The van der Waals surface area contributed by atoms with Gasteiger partial charge in [-0.05, 0) is 29.8 Å². The summed E-state index contributed by atoms with van der Waals surface area (Å²) in [6, 6.07) is 14.4. The highest BCUT2D eigenvalue weighted by Gasteiger charge is 2.24. The van der Waals surface area contributed by atoms with Crippen molar-refractivity contribution in [1.29, 1.82) is 0 Å². The van der Waals surface area contributed by atoms with Crippen LogP contribution in [0.15, 0.2) is 60.9 Å². The van der Waals surface area contributed by atoms with Crippen LogP contribution in [0.1, 0.15) is 15.9 Å². The van der Waals surface area contributed by atoms with E-state index in [0.29, 0.717) is 33.8 Å². The summed E-state index contributed by atoms with van der Waals surface area (Å²) < 4.78 is 11.8. The van der Waals surface area contributed by atoms with Gasteiger partial charge < -0.3 is 9.47 Å². The lowest BCUT2D eigenvalue weighted by Crippen LogP contribution is -2.30. The highest BCUT2D eigenvalue weighted by atomic mass is 35.5. The van der Waals surface area contributed by atoms with E-state index >= 15 is 0 Å². The van der Waals surface area contributed by atoms with Gasteiger partial charge in [-0.2, -0.15) is 0 Å². The number of ether oxygens (including phenoxy) is 2. The first-order valence-electron chi connectivity index (χ1n) is 8.84. The number of pyridine rings is 1. The minimum atomic E-state index is -0.185. The molecule has 0 fully saturated rings. The summed E-state index contributed by atoms with van der Waals surface area (Å²) in [6.07, 6.45) is 3.44. The average molecular weight is 424 g/mol. The molecule has 0 unspecified atom stereocenters. The fourth-order valence-corrected chi connectivity index (χ4v) is 4.26. The maximum absolute atomic E-state index is 13.3. The lowest BCUT2D eigenvalue weighted by Gasteiger charge is -2.20. The molecule has 0 spiro atoms. The first-order chi connectivity index (χ1) is 14.2. The monoisotopic (exact) mass is 423 g/mol. The average Bonchev–Trinajstić information content (AvgIpc) is 3.36. The zero-order valence-corrected chi connectivity index (χ0v) is 16.6. The maximum atomic E-state index is 13.3. The Kier molecular flexibility index (Phi) is 4.54. The van der Waals surface area contributed by atoms with E-state index < -0.39 is 0 Å². The van der Waals surface area contributed by atoms with Crippen molar-refractivity contribution in [3.8, 4) is 11.5 Å². The number of carbonyl (C=O) groups excluding carboxylic acids is 1. The second-order valence-corrected chi connectivity index (χ2v) is 7.88. The molecule has 3 heterocycles. The number of thiazole rings is 1. The summed E-state index contributed by atoms with van der Waals surface area (Å²) in [6.45, 7) is 0.547. The molecule has 0 aliphatic carbocycles. The number of halogens is 1. The molecule has 0 N–H and O–H groups in total. The summed E-state index contributed by atoms with van der Waals surface area (Å²) in [7, 11) is 0. The lowest BCUT2D eigenvalue weighted by atomic mass is 10.2. The molecule has 0 bridgehead atoms. The molecule has 0 saturated heterocycles. The maximum Gasteiger partial charge on any atom is 0.260 e. The normalized spacial score (nSPS) is 12.3. The van der Waals surface area contributed by atoms with Gasteiger partial charge in [0.1, 0.15) is 0 Å². The number of hydrogen-bond acceptors (Lipinski definition) is 6. The van der Waals surface area contributed by atoms with Crippen LogP contribution in [0.4, 0.5) is 5.13 Å². The number of carbonyl (C=O) groups is 1. The highest BCUT2D eigenvalue weighted by molar-refractivity contribution is 7.22. The molecule has 0 radical (unpaired) electrons. The van der Waals surface area contributed by atoms with Crippen molar-refractivity contribution in [2.45, 2.75) is 6.54 Å². The van der Waals surface area contributed by atoms with Crippen molar-refractivity contribution in [3.05, 3.63) is 77.1 Å². The van der Waals surface area contributed by atoms with Crippen molar-refractivity contribution >= 4 is 44.2 Å². The van der Waals surface area contributed by atoms with E-state index in [1.54, 1.807) is 41.6 Å². The third-order valence-corrected chi connectivity index (χ3v) is 5.76. The van der Waals surface area contributed by atoms with Gasteiger partial charge in [0.2, 0.25) is 6.79 Å². The van der Waals surface area contributed by atoms with Gasteiger partial charge in [0.25, 0.3) is 5.91 Å². The second-order valence-electron chi connectivity index (χ2n) is 6.43. The van der Waals surface area contributed by atoms with Crippen molar-refractivity contribution in [1.82, 2.24) is 9.97 Å². The first-order valence-corrected chi connectivity index (χ1v) is 10.0. The van der Waals surface area contributed by atoms with Crippen LogP contribution >= 0.6 is 22.9 Å². The van der Waals surface area contributed by atoms with Gasteiger partial charge in [0.05, 0.1) is 16.8 Å². The Morgan fingerprint density at radius 1 is 1.14 bits per heavy atom. The first kappa shape index (κ1) is 17.9. The Bertz CT molecular complexity index is 1170. The van der Waals surface area contributed by atoms with Crippen molar-refractivity contribution < 1.29 is 14.3 Å². The molecule has 144 valence electrons. The van der Waals surface area contributed by atoms with Gasteiger partial charge in [-0.1, -0.05) is 35.1 Å². The van der Waals surface area contributed by atoms with Gasteiger partial charge in [-0.15, -0.1) is 0 Å². The van der Waals surface area contributed by atoms with Gasteiger partial charge >= 0.3 is 0 Å². The minimum Gasteiger partial charge on any atom is -0.454 e. The Morgan fingerprint density at radius 3 is 2.79 bits per heavy atom. The van der Waals surface area contributed by atoms with Gasteiger partial charge in [-0.25, -0.2) is 4.98 Å². The molecule has 0 saturated carbocycles. The van der Waals surface area contributed by atoms with E-state index in [0.717, 1.165) is 15.8 Å². The van der Waals surface area contributed by atoms with Crippen LogP contribution in [0, 0.1) is 0 Å². The third kappa shape index (κ3) is 3.50. The minimum absolute atomic E-state index is 0.185. The third-order valence-electron chi connectivity index (χ3n) is 4.48. The molecule has 5 rings (SSSR count). The van der Waals surface area contributed by atoms with E-state index in [-0.39, 0.29) is 12.7 Å². The van der Waals surface area contributed by atoms with Crippen LogP contribution in [-0.2, 0) is 6.54 Å². The number of benzene rings is 2. The number of anilines is 1. The summed E-state index contributed by atoms with van der Waals surface area (Å²) >= 11 is 7.52. The topological polar surface area (TPSA) is 64.6 Å². The second kappa shape index (κ2) is 7.35. The Hall–Kier alpha value is -3.16. The van der Waals surface area contributed by atoms with Crippen molar-refractivity contribution in [3.63, 3.8) is 0 Å². The largest absolute Gasteiger partial charge is 0.454 e. The molecule has 8 heteroatoms. The Labute approximate surface area is 175 Å². The Morgan fingerprint density at radius 2 is 2.00 bits per heavy atom. The van der Waals surface area contributed by atoms with Crippen LogP contribution < -0.4 is 14.4 Å². The fraction of sp³-hybridized carbons (Fsp3) is 0.0952. The Balaban J connectivity index is 1.57. The molecule has 1 aliphatic rings. The number of hydrogen-bond donors (Lipinski definition) is 0. The number of rotatable bonds is 4. The fourth-order valence-electron chi connectivity index (χ4n) is 3.10. The predicted octanol–water partition coefficient (Wildman–Crippen LogP) is 4.92. The lowest BCUT2D eigenvalue weighted by molar-refractivity contribution is 0.0985. The zero-order chi connectivity index (χ0) is 19.8. The summed E-state index contributed by atoms with van der Waals surface area (Å²) in [4.78, 5) is 23.8. The molecular formula is C21H14ClN3O3S. The van der Waals surface area contributed by atoms with Crippen LogP contribution in [-0.4, -0.2) is 22.7 Å². The molecule has 2 aromatic heterocycles. The molecule has 6 nitrogen and oxygen atoms in total. The molecular weight excluding hydrogens is 410 g/mol. The van der Waals surface area contributed by atoms with E-state index in [9.17, 15) is 4.79 Å². The molecule has 2 aromatic carbocycles. The van der Waals surface area contributed by atoms with E-state index in [4.69, 9.17) is 26.1 Å². The zero-order valence-electron chi connectivity index (χ0n) is 15.0.